The molecule has 1 fully saturated rings. The molecular weight excluding hydrogens is 527 g/mol. The average Bonchev–Trinajstić information content (AvgIpc) is 2.98. The van der Waals surface area contributed by atoms with Crippen molar-refractivity contribution in [1.82, 2.24) is 10.3 Å². The predicted octanol–water partition coefficient (Wildman–Crippen LogP) is 2.84. The lowest BCUT2D eigenvalue weighted by Gasteiger charge is -2.30. The first kappa shape index (κ1) is 30.8. The molecule has 40 heavy (non-hydrogen) atoms. The molecule has 1 saturated heterocycles. The van der Waals surface area contributed by atoms with Gasteiger partial charge in [0.05, 0.1) is 26.4 Å². The van der Waals surface area contributed by atoms with Gasteiger partial charge in [-0.2, -0.15) is 0 Å². The van der Waals surface area contributed by atoms with Crippen LogP contribution in [0.1, 0.15) is 43.2 Å². The Morgan fingerprint density at radius 3 is 2.60 bits per heavy atom. The van der Waals surface area contributed by atoms with Crippen molar-refractivity contribution < 1.29 is 47.2 Å². The monoisotopic (exact) mass is 562 g/mol. The van der Waals surface area contributed by atoms with Crippen LogP contribution in [0.15, 0.2) is 36.5 Å². The summed E-state index contributed by atoms with van der Waals surface area (Å²) in [5, 5.41) is 2.59. The number of nitrogens with zero attached hydrogens (tertiary/aromatic N) is 1. The zero-order valence-electron chi connectivity index (χ0n) is 23.0. The van der Waals surface area contributed by atoms with Crippen LogP contribution in [0, 0.1) is 11.7 Å². The Hall–Kier alpha value is -3.77. The van der Waals surface area contributed by atoms with Crippen molar-refractivity contribution in [3.8, 4) is 11.5 Å². The second-order valence-corrected chi connectivity index (χ2v) is 9.20. The third-order valence-corrected chi connectivity index (χ3v) is 6.23. The van der Waals surface area contributed by atoms with Crippen LogP contribution in [0.25, 0.3) is 0 Å². The maximum Gasteiger partial charge on any atom is 0.331 e. The molecular formula is C28H35FN2O9. The number of benzene rings is 1. The van der Waals surface area contributed by atoms with E-state index in [1.807, 2.05) is 6.92 Å². The van der Waals surface area contributed by atoms with Gasteiger partial charge in [-0.25, -0.2) is 14.2 Å². The van der Waals surface area contributed by atoms with E-state index >= 15 is 0 Å². The number of nitrogens with one attached hydrogen (secondary N) is 1. The standard InChI is InChI=1S/C28H35FN2O9/c1-5-12-37-24-15-36-14-22(28(34)40-17(2)21(24)13-19-6-8-20(29)9-7-19)31-27(33)25-26(39-16-38-18(3)32)23(35-4)10-11-30-25/h6-11,17,21-22,24H,5,12-16H2,1-4H3,(H,31,33). The lowest BCUT2D eigenvalue weighted by molar-refractivity contribution is -0.155. The van der Waals surface area contributed by atoms with Crippen LogP contribution in [-0.2, 0) is 35.0 Å². The first-order chi connectivity index (χ1) is 19.2. The van der Waals surface area contributed by atoms with Crippen molar-refractivity contribution in [2.75, 3.05) is 33.7 Å². The summed E-state index contributed by atoms with van der Waals surface area (Å²) in [5.41, 5.74) is 0.666. The molecule has 1 amide bonds. The second kappa shape index (κ2) is 15.1. The summed E-state index contributed by atoms with van der Waals surface area (Å²) in [6.45, 7) is 4.92. The molecule has 4 atom stereocenters. The van der Waals surface area contributed by atoms with E-state index in [4.69, 9.17) is 28.4 Å². The topological polar surface area (TPSA) is 132 Å². The first-order valence-corrected chi connectivity index (χ1v) is 13.0. The van der Waals surface area contributed by atoms with Gasteiger partial charge in [0.2, 0.25) is 6.79 Å². The summed E-state index contributed by atoms with van der Waals surface area (Å²) < 4.78 is 46.6. The Balaban J connectivity index is 1.78. The molecule has 2 aromatic rings. The number of rotatable bonds is 11. The van der Waals surface area contributed by atoms with Gasteiger partial charge in [-0.3, -0.25) is 9.59 Å². The van der Waals surface area contributed by atoms with Crippen LogP contribution < -0.4 is 14.8 Å². The predicted molar refractivity (Wildman–Crippen MR) is 139 cm³/mol. The fourth-order valence-corrected chi connectivity index (χ4v) is 4.17. The number of hydrogen-bond acceptors (Lipinski definition) is 10. The van der Waals surface area contributed by atoms with Crippen molar-refractivity contribution in [1.29, 1.82) is 0 Å². The Kier molecular flexibility index (Phi) is 11.6. The molecule has 3 rings (SSSR count). The van der Waals surface area contributed by atoms with Crippen molar-refractivity contribution in [2.45, 2.75) is 51.9 Å². The summed E-state index contributed by atoms with van der Waals surface area (Å²) in [6.07, 6.45) is 1.55. The third-order valence-electron chi connectivity index (χ3n) is 6.23. The van der Waals surface area contributed by atoms with Crippen molar-refractivity contribution >= 4 is 17.8 Å². The number of carbonyl (C=O) groups excluding carboxylic acids is 3. The number of esters is 2. The number of pyridine rings is 1. The Bertz CT molecular complexity index is 1150. The molecule has 12 heteroatoms. The molecule has 0 saturated carbocycles. The van der Waals surface area contributed by atoms with Gasteiger partial charge in [0.25, 0.3) is 5.91 Å². The highest BCUT2D eigenvalue weighted by atomic mass is 19.1. The SMILES string of the molecule is CCCOC1COCC(NC(=O)c2nccc(OC)c2OCOC(C)=O)C(=O)OC(C)C1Cc1ccc(F)cc1. The van der Waals surface area contributed by atoms with Gasteiger partial charge in [-0.15, -0.1) is 0 Å². The molecule has 4 unspecified atom stereocenters. The number of ether oxygens (including phenoxy) is 6. The second-order valence-electron chi connectivity index (χ2n) is 9.20. The van der Waals surface area contributed by atoms with E-state index in [1.54, 1.807) is 19.1 Å². The van der Waals surface area contributed by atoms with Crippen LogP contribution in [0.5, 0.6) is 11.5 Å². The molecule has 0 spiro atoms. The minimum absolute atomic E-state index is 0.0677. The largest absolute Gasteiger partial charge is 0.493 e. The van der Waals surface area contributed by atoms with Crippen LogP contribution in [0.4, 0.5) is 4.39 Å². The molecule has 1 aliphatic rings. The number of carbonyl (C=O) groups is 3. The van der Waals surface area contributed by atoms with Gasteiger partial charge in [-0.1, -0.05) is 19.1 Å². The maximum atomic E-state index is 13.5. The van der Waals surface area contributed by atoms with Crippen LogP contribution in [0.2, 0.25) is 0 Å². The number of halogens is 1. The molecule has 11 nitrogen and oxygen atoms in total. The molecule has 0 radical (unpaired) electrons. The Morgan fingerprint density at radius 1 is 1.18 bits per heavy atom. The summed E-state index contributed by atoms with van der Waals surface area (Å²) in [4.78, 5) is 41.6. The molecule has 1 N–H and O–H groups in total. The van der Waals surface area contributed by atoms with Gasteiger partial charge in [0.15, 0.2) is 23.2 Å². The van der Waals surface area contributed by atoms with Crippen molar-refractivity contribution in [3.05, 3.63) is 53.6 Å². The fourth-order valence-electron chi connectivity index (χ4n) is 4.17. The first-order valence-electron chi connectivity index (χ1n) is 13.0. The molecule has 0 bridgehead atoms. The molecule has 218 valence electrons. The highest BCUT2D eigenvalue weighted by Crippen LogP contribution is 2.30. The molecule has 1 aromatic carbocycles. The van der Waals surface area contributed by atoms with E-state index in [0.717, 1.165) is 12.0 Å². The number of cyclic esters (lactones) is 1. The smallest absolute Gasteiger partial charge is 0.331 e. The summed E-state index contributed by atoms with van der Waals surface area (Å²) in [7, 11) is 1.37. The van der Waals surface area contributed by atoms with Gasteiger partial charge in [0.1, 0.15) is 11.9 Å². The maximum absolute atomic E-state index is 13.5. The lowest BCUT2D eigenvalue weighted by atomic mass is 9.89. The highest BCUT2D eigenvalue weighted by molar-refractivity contribution is 5.98. The molecule has 2 heterocycles. The number of methoxy groups -OCH3 is 1. The van der Waals surface area contributed by atoms with Crippen LogP contribution in [-0.4, -0.2) is 74.8 Å². The number of hydrogen-bond donors (Lipinski definition) is 1. The summed E-state index contributed by atoms with van der Waals surface area (Å²) in [5.74, 6) is -2.56. The number of aromatic nitrogens is 1. The van der Waals surface area contributed by atoms with Gasteiger partial charge < -0.3 is 33.7 Å². The average molecular weight is 563 g/mol. The van der Waals surface area contributed by atoms with E-state index in [1.165, 1.54) is 38.4 Å². The molecule has 0 aliphatic carbocycles. The summed E-state index contributed by atoms with van der Waals surface area (Å²) in [6, 6.07) is 6.42. The zero-order valence-corrected chi connectivity index (χ0v) is 23.0. The van der Waals surface area contributed by atoms with Gasteiger partial charge in [0, 0.05) is 31.7 Å². The molecule has 1 aromatic heterocycles. The van der Waals surface area contributed by atoms with Crippen molar-refractivity contribution in [2.24, 2.45) is 5.92 Å². The Labute approximate surface area is 232 Å². The normalized spacial score (nSPS) is 21.3. The third kappa shape index (κ3) is 8.62. The van der Waals surface area contributed by atoms with E-state index < -0.39 is 42.9 Å². The quantitative estimate of drug-likeness (QED) is 0.322. The number of amides is 1. The van der Waals surface area contributed by atoms with E-state index in [0.29, 0.717) is 13.0 Å². The molecule has 1 aliphatic heterocycles. The van der Waals surface area contributed by atoms with Crippen LogP contribution >= 0.6 is 0 Å². The van der Waals surface area contributed by atoms with Crippen LogP contribution in [0.3, 0.4) is 0 Å². The van der Waals surface area contributed by atoms with E-state index in [-0.39, 0.29) is 42.1 Å². The van der Waals surface area contributed by atoms with E-state index in [9.17, 15) is 18.8 Å². The van der Waals surface area contributed by atoms with Gasteiger partial charge in [-0.05, 0) is 37.5 Å². The minimum atomic E-state index is -1.17. The fraction of sp³-hybridized carbons (Fsp3) is 0.500. The van der Waals surface area contributed by atoms with Crippen molar-refractivity contribution in [3.63, 3.8) is 0 Å². The summed E-state index contributed by atoms with van der Waals surface area (Å²) >= 11 is 0. The lowest BCUT2D eigenvalue weighted by Crippen LogP contribution is -2.46. The Morgan fingerprint density at radius 2 is 1.93 bits per heavy atom. The van der Waals surface area contributed by atoms with E-state index in [2.05, 4.69) is 10.3 Å². The highest BCUT2D eigenvalue weighted by Gasteiger charge is 2.36. The van der Waals surface area contributed by atoms with Gasteiger partial charge >= 0.3 is 11.9 Å². The minimum Gasteiger partial charge on any atom is -0.493 e. The zero-order chi connectivity index (χ0) is 29.1.